The van der Waals surface area contributed by atoms with Gasteiger partial charge < -0.3 is 10.1 Å². The maximum atomic E-state index is 14.0. The predicted molar refractivity (Wildman–Crippen MR) is 141 cm³/mol. The summed E-state index contributed by atoms with van der Waals surface area (Å²) >= 11 is 4.60. The van der Waals surface area contributed by atoms with Crippen LogP contribution in [0.2, 0.25) is 0 Å². The van der Waals surface area contributed by atoms with E-state index in [-0.39, 0.29) is 23.6 Å². The molecule has 1 atom stereocenters. The Labute approximate surface area is 228 Å². The van der Waals surface area contributed by atoms with Crippen molar-refractivity contribution in [2.75, 3.05) is 11.9 Å². The van der Waals surface area contributed by atoms with Gasteiger partial charge in [0.15, 0.2) is 17.0 Å². The molecule has 7 nitrogen and oxygen atoms in total. The molecule has 1 aromatic carbocycles. The summed E-state index contributed by atoms with van der Waals surface area (Å²) in [5.74, 6) is -0.846. The fourth-order valence-electron chi connectivity index (χ4n) is 4.48. The topological polar surface area (TPSA) is 85.6 Å². The molecule has 0 saturated carbocycles. The van der Waals surface area contributed by atoms with Crippen LogP contribution < -0.4 is 5.32 Å². The van der Waals surface area contributed by atoms with Gasteiger partial charge in [-0.15, -0.1) is 11.3 Å². The van der Waals surface area contributed by atoms with Crippen molar-refractivity contribution < 1.29 is 27.5 Å². The maximum Gasteiger partial charge on any atom is 0.433 e. The summed E-state index contributed by atoms with van der Waals surface area (Å²) in [5.41, 5.74) is 0.282. The number of hydrogen-bond donors (Lipinski definition) is 1. The van der Waals surface area contributed by atoms with Gasteiger partial charge in [-0.2, -0.15) is 18.3 Å². The fraction of sp³-hybridized carbons (Fsp3) is 0.308. The molecule has 0 saturated heterocycles. The van der Waals surface area contributed by atoms with E-state index in [0.29, 0.717) is 33.0 Å². The SMILES string of the molecule is CCOC(=O)c1c(NC(=O)c2cc3nc(-c4ccc(Br)cc4)cc(C(F)(F)F)n3n2)sc2c1CC[C@@H](C)C2. The van der Waals surface area contributed by atoms with Crippen LogP contribution in [-0.4, -0.2) is 33.1 Å². The Morgan fingerprint density at radius 3 is 2.66 bits per heavy atom. The minimum Gasteiger partial charge on any atom is -0.462 e. The predicted octanol–water partition coefficient (Wildman–Crippen LogP) is 6.79. The summed E-state index contributed by atoms with van der Waals surface area (Å²) in [6.45, 7) is 3.99. The van der Waals surface area contributed by atoms with Gasteiger partial charge in [-0.25, -0.2) is 14.3 Å². The first-order chi connectivity index (χ1) is 18.0. The number of rotatable bonds is 5. The van der Waals surface area contributed by atoms with E-state index in [9.17, 15) is 22.8 Å². The average Bonchev–Trinajstić information content (AvgIpc) is 3.44. The Bertz CT molecular complexity index is 1550. The number of carbonyl (C=O) groups is 2. The number of amides is 1. The average molecular weight is 607 g/mol. The molecular weight excluding hydrogens is 585 g/mol. The van der Waals surface area contributed by atoms with E-state index < -0.39 is 23.7 Å². The molecule has 3 heterocycles. The number of nitrogens with zero attached hydrogens (tertiary/aromatic N) is 3. The second-order valence-electron chi connectivity index (χ2n) is 9.06. The highest BCUT2D eigenvalue weighted by Crippen LogP contribution is 2.40. The lowest BCUT2D eigenvalue weighted by atomic mass is 9.88. The van der Waals surface area contributed by atoms with Crippen molar-refractivity contribution in [3.63, 3.8) is 0 Å². The second kappa shape index (κ2) is 10.1. The summed E-state index contributed by atoms with van der Waals surface area (Å²) in [6.07, 6.45) is -2.38. The fourth-order valence-corrected chi connectivity index (χ4v) is 6.14. The quantitative estimate of drug-likeness (QED) is 0.253. The Morgan fingerprint density at radius 1 is 1.24 bits per heavy atom. The van der Waals surface area contributed by atoms with Gasteiger partial charge in [-0.1, -0.05) is 35.0 Å². The molecule has 0 aliphatic heterocycles. The van der Waals surface area contributed by atoms with Crippen molar-refractivity contribution in [3.8, 4) is 11.3 Å². The highest BCUT2D eigenvalue weighted by atomic mass is 79.9. The Balaban J connectivity index is 1.54. The molecule has 0 unspecified atom stereocenters. The monoisotopic (exact) mass is 606 g/mol. The standard InChI is InChI=1S/C26H22BrF3N4O3S/c1-3-37-25(36)22-16-9-4-13(2)10-19(16)38-24(22)32-23(35)18-12-21-31-17(14-5-7-15(27)8-6-14)11-20(26(28,29)30)34(21)33-18/h5-8,11-13H,3-4,9-10H2,1-2H3,(H,32,35)/t13-/m1/s1. The molecule has 1 N–H and O–H groups in total. The molecule has 198 valence electrons. The first kappa shape index (κ1) is 26.4. The van der Waals surface area contributed by atoms with Crippen LogP contribution in [0.3, 0.4) is 0 Å². The van der Waals surface area contributed by atoms with Crippen molar-refractivity contribution >= 4 is 49.8 Å². The van der Waals surface area contributed by atoms with E-state index in [1.54, 1.807) is 31.2 Å². The van der Waals surface area contributed by atoms with Gasteiger partial charge in [0.25, 0.3) is 5.91 Å². The highest BCUT2D eigenvalue weighted by molar-refractivity contribution is 9.10. The smallest absolute Gasteiger partial charge is 0.433 e. The third-order valence-corrected chi connectivity index (χ3v) is 8.01. The number of aromatic nitrogens is 3. The lowest BCUT2D eigenvalue weighted by Gasteiger charge is -2.18. The number of hydrogen-bond acceptors (Lipinski definition) is 6. The molecule has 0 fully saturated rings. The zero-order valence-corrected chi connectivity index (χ0v) is 22.8. The van der Waals surface area contributed by atoms with Gasteiger partial charge in [0.2, 0.25) is 0 Å². The summed E-state index contributed by atoms with van der Waals surface area (Å²) in [5, 5.41) is 6.94. The third kappa shape index (κ3) is 5.06. The van der Waals surface area contributed by atoms with E-state index in [4.69, 9.17) is 4.74 Å². The van der Waals surface area contributed by atoms with E-state index in [1.807, 2.05) is 0 Å². The Hall–Kier alpha value is -3.25. The number of ether oxygens (including phenoxy) is 1. The first-order valence-corrected chi connectivity index (χ1v) is 13.5. The molecule has 12 heteroatoms. The van der Waals surface area contributed by atoms with Crippen LogP contribution in [0.25, 0.3) is 16.9 Å². The Kier molecular flexibility index (Phi) is 7.03. The summed E-state index contributed by atoms with van der Waals surface area (Å²) < 4.78 is 48.5. The highest BCUT2D eigenvalue weighted by Gasteiger charge is 2.36. The molecule has 0 bridgehead atoms. The van der Waals surface area contributed by atoms with Crippen LogP contribution in [0.5, 0.6) is 0 Å². The zero-order valence-electron chi connectivity index (χ0n) is 20.4. The first-order valence-electron chi connectivity index (χ1n) is 11.9. The van der Waals surface area contributed by atoms with Gasteiger partial charge >= 0.3 is 12.1 Å². The van der Waals surface area contributed by atoms with Crippen molar-refractivity contribution in [2.45, 2.75) is 39.3 Å². The number of fused-ring (bicyclic) bond motifs is 2. The van der Waals surface area contributed by atoms with E-state index in [1.165, 1.54) is 17.4 Å². The number of benzene rings is 1. The van der Waals surface area contributed by atoms with Crippen LogP contribution in [0, 0.1) is 5.92 Å². The molecule has 38 heavy (non-hydrogen) atoms. The zero-order chi connectivity index (χ0) is 27.2. The van der Waals surface area contributed by atoms with Crippen LogP contribution in [0.15, 0.2) is 40.9 Å². The van der Waals surface area contributed by atoms with Crippen molar-refractivity contribution in [3.05, 3.63) is 68.3 Å². The van der Waals surface area contributed by atoms with Gasteiger partial charge in [0.05, 0.1) is 17.9 Å². The summed E-state index contributed by atoms with van der Waals surface area (Å²) in [7, 11) is 0. The molecule has 3 aromatic heterocycles. The molecular formula is C26H22BrF3N4O3S. The Morgan fingerprint density at radius 2 is 1.97 bits per heavy atom. The normalized spacial score (nSPS) is 15.4. The molecule has 1 aliphatic carbocycles. The van der Waals surface area contributed by atoms with Crippen LogP contribution >= 0.6 is 27.3 Å². The number of carbonyl (C=O) groups excluding carboxylic acids is 2. The number of halogens is 4. The van der Waals surface area contributed by atoms with Crippen LogP contribution in [0.1, 0.15) is 57.2 Å². The van der Waals surface area contributed by atoms with Gasteiger partial charge in [-0.05, 0) is 55.9 Å². The molecule has 4 aromatic rings. The van der Waals surface area contributed by atoms with Gasteiger partial charge in [-0.3, -0.25) is 4.79 Å². The number of anilines is 1. The van der Waals surface area contributed by atoms with Crippen LogP contribution in [0.4, 0.5) is 18.2 Å². The minimum absolute atomic E-state index is 0.0915. The van der Waals surface area contributed by atoms with E-state index in [2.05, 4.69) is 38.3 Å². The second-order valence-corrected chi connectivity index (χ2v) is 11.1. The van der Waals surface area contributed by atoms with Crippen LogP contribution in [-0.2, 0) is 23.8 Å². The summed E-state index contributed by atoms with van der Waals surface area (Å²) in [4.78, 5) is 31.3. The summed E-state index contributed by atoms with van der Waals surface area (Å²) in [6, 6.07) is 8.79. The molecule has 1 amide bonds. The number of alkyl halides is 3. The third-order valence-electron chi connectivity index (χ3n) is 6.31. The largest absolute Gasteiger partial charge is 0.462 e. The molecule has 0 spiro atoms. The van der Waals surface area contributed by atoms with Gasteiger partial charge in [0, 0.05) is 21.0 Å². The lowest BCUT2D eigenvalue weighted by Crippen LogP contribution is -2.17. The van der Waals surface area contributed by atoms with Gasteiger partial charge in [0.1, 0.15) is 5.00 Å². The minimum atomic E-state index is -4.74. The number of esters is 1. The molecule has 0 radical (unpaired) electrons. The molecule has 1 aliphatic rings. The molecule has 5 rings (SSSR count). The van der Waals surface area contributed by atoms with Crippen molar-refractivity contribution in [1.29, 1.82) is 0 Å². The van der Waals surface area contributed by atoms with E-state index >= 15 is 0 Å². The van der Waals surface area contributed by atoms with E-state index in [0.717, 1.165) is 33.8 Å². The van der Waals surface area contributed by atoms with Crippen molar-refractivity contribution in [1.82, 2.24) is 14.6 Å². The number of nitrogens with one attached hydrogen (secondary N) is 1. The maximum absolute atomic E-state index is 14.0. The lowest BCUT2D eigenvalue weighted by molar-refractivity contribution is -0.142. The number of thiophene rings is 1. The van der Waals surface area contributed by atoms with Crippen molar-refractivity contribution in [2.24, 2.45) is 5.92 Å².